The van der Waals surface area contributed by atoms with Crippen molar-refractivity contribution in [3.05, 3.63) is 27.7 Å². The molecule has 11 heteroatoms. The lowest BCUT2D eigenvalue weighted by Crippen LogP contribution is -2.47. The molecule has 0 fully saturated rings. The predicted molar refractivity (Wildman–Crippen MR) is 63.1 cm³/mol. The van der Waals surface area contributed by atoms with Gasteiger partial charge in [0.25, 0.3) is 0 Å². The lowest BCUT2D eigenvalue weighted by Gasteiger charge is -2.19. The first kappa shape index (κ1) is 17.4. The van der Waals surface area contributed by atoms with Crippen molar-refractivity contribution in [2.45, 2.75) is 12.1 Å². The Morgan fingerprint density at radius 3 is 1.81 bits per heavy atom. The highest BCUT2D eigenvalue weighted by molar-refractivity contribution is 6.40. The second kappa shape index (κ2) is 5.64. The Kier molecular flexibility index (Phi) is 4.69. The predicted octanol–water partition coefficient (Wildman–Crippen LogP) is 3.83. The first-order chi connectivity index (χ1) is 9.37. The lowest BCUT2D eigenvalue weighted by atomic mass is 10.2. The molecule has 116 valence electrons. The summed E-state index contributed by atoms with van der Waals surface area (Å²) in [7, 11) is 0. The van der Waals surface area contributed by atoms with Crippen molar-refractivity contribution in [2.75, 3.05) is 5.32 Å². The number of benzene rings is 1. The first-order valence-electron chi connectivity index (χ1n) is 4.86. The average Bonchev–Trinajstić information content (AvgIpc) is 2.31. The fourth-order valence-corrected chi connectivity index (χ4v) is 1.72. The van der Waals surface area contributed by atoms with Gasteiger partial charge in [-0.05, 0) is 12.1 Å². The lowest BCUT2D eigenvalue weighted by molar-refractivity contribution is -0.267. The number of amides is 1. The van der Waals surface area contributed by atoms with E-state index in [1.807, 2.05) is 0 Å². The van der Waals surface area contributed by atoms with E-state index >= 15 is 0 Å². The molecule has 0 aliphatic heterocycles. The van der Waals surface area contributed by atoms with Crippen LogP contribution in [0, 0.1) is 0 Å². The van der Waals surface area contributed by atoms with Crippen LogP contribution < -0.4 is 5.32 Å². The summed E-state index contributed by atoms with van der Waals surface area (Å²) in [6, 6.07) is 1.47. The van der Waals surface area contributed by atoms with Crippen molar-refractivity contribution >= 4 is 40.8 Å². The van der Waals surface area contributed by atoms with Gasteiger partial charge < -0.3 is 10.4 Å². The van der Waals surface area contributed by atoms with Gasteiger partial charge in [-0.1, -0.05) is 23.2 Å². The minimum absolute atomic E-state index is 0.439. The van der Waals surface area contributed by atoms with Crippen molar-refractivity contribution in [1.82, 2.24) is 0 Å². The van der Waals surface area contributed by atoms with Crippen LogP contribution in [0.4, 0.5) is 27.6 Å². The van der Waals surface area contributed by atoms with Crippen molar-refractivity contribution in [3.8, 4) is 0 Å². The fourth-order valence-electron chi connectivity index (χ4n) is 1.14. The van der Waals surface area contributed by atoms with Crippen LogP contribution in [0.25, 0.3) is 0 Å². The summed E-state index contributed by atoms with van der Waals surface area (Å²) < 4.78 is 61.5. The zero-order valence-electron chi connectivity index (χ0n) is 9.56. The number of alkyl halides is 5. The molecule has 0 aliphatic carbocycles. The summed E-state index contributed by atoms with van der Waals surface area (Å²) in [5.74, 6) is -9.82. The normalized spacial score (nSPS) is 12.1. The Balaban J connectivity index is 3.15. The molecule has 2 N–H and O–H groups in total. The minimum Gasteiger partial charge on any atom is -0.478 e. The second-order valence-electron chi connectivity index (χ2n) is 3.65. The highest BCUT2D eigenvalue weighted by atomic mass is 35.5. The van der Waals surface area contributed by atoms with Gasteiger partial charge in [-0.15, -0.1) is 0 Å². The van der Waals surface area contributed by atoms with Gasteiger partial charge in [0.15, 0.2) is 0 Å². The number of carboxylic acids is 1. The number of halogens is 7. The van der Waals surface area contributed by atoms with Crippen LogP contribution in [0.15, 0.2) is 12.1 Å². The van der Waals surface area contributed by atoms with E-state index in [-0.39, 0.29) is 0 Å². The van der Waals surface area contributed by atoms with Gasteiger partial charge >= 0.3 is 24.0 Å². The van der Waals surface area contributed by atoms with Gasteiger partial charge in [0.05, 0.1) is 21.3 Å². The number of hydrogen-bond acceptors (Lipinski definition) is 2. The molecule has 0 spiro atoms. The fraction of sp³-hybridized carbons (Fsp3) is 0.200. The number of aromatic carboxylic acids is 1. The average molecular weight is 352 g/mol. The Bertz CT molecular complexity index is 580. The zero-order chi connectivity index (χ0) is 16.6. The number of carboxylic acid groups (broad SMARTS) is 1. The highest BCUT2D eigenvalue weighted by Gasteiger charge is 2.63. The molecule has 0 saturated heterocycles. The molecule has 0 saturated carbocycles. The molecule has 0 radical (unpaired) electrons. The van der Waals surface area contributed by atoms with Crippen molar-refractivity contribution in [1.29, 1.82) is 0 Å². The molecule has 0 atom stereocenters. The summed E-state index contributed by atoms with van der Waals surface area (Å²) in [6.45, 7) is 0. The second-order valence-corrected chi connectivity index (χ2v) is 4.46. The van der Waals surface area contributed by atoms with E-state index in [1.165, 1.54) is 5.32 Å². The number of carbonyl (C=O) groups excluding carboxylic acids is 1. The molecule has 21 heavy (non-hydrogen) atoms. The van der Waals surface area contributed by atoms with E-state index in [0.717, 1.165) is 12.1 Å². The van der Waals surface area contributed by atoms with E-state index in [1.54, 1.807) is 0 Å². The maximum absolute atomic E-state index is 12.8. The number of rotatable bonds is 3. The molecular weight excluding hydrogens is 348 g/mol. The molecule has 1 aromatic rings. The number of carbonyl (C=O) groups is 2. The molecule has 0 aliphatic rings. The third-order valence-corrected chi connectivity index (χ3v) is 2.76. The maximum Gasteiger partial charge on any atom is 0.463 e. The van der Waals surface area contributed by atoms with E-state index in [9.17, 15) is 31.5 Å². The summed E-state index contributed by atoms with van der Waals surface area (Å²) in [4.78, 5) is 21.6. The van der Waals surface area contributed by atoms with Gasteiger partial charge in [0.2, 0.25) is 0 Å². The Hall–Kier alpha value is -1.61. The summed E-state index contributed by atoms with van der Waals surface area (Å²) >= 11 is 11.0. The van der Waals surface area contributed by atoms with E-state index in [4.69, 9.17) is 28.3 Å². The van der Waals surface area contributed by atoms with E-state index in [2.05, 4.69) is 0 Å². The van der Waals surface area contributed by atoms with Crippen LogP contribution in [0.2, 0.25) is 10.0 Å². The van der Waals surface area contributed by atoms with Crippen molar-refractivity contribution in [2.24, 2.45) is 0 Å². The van der Waals surface area contributed by atoms with E-state index < -0.39 is 45.3 Å². The smallest absolute Gasteiger partial charge is 0.463 e. The molecule has 0 aromatic heterocycles. The number of hydrogen-bond donors (Lipinski definition) is 2. The summed E-state index contributed by atoms with van der Waals surface area (Å²) in [5.41, 5.74) is -1.19. The number of nitrogens with one attached hydrogen (secondary N) is 1. The third kappa shape index (κ3) is 3.53. The zero-order valence-corrected chi connectivity index (χ0v) is 11.1. The maximum atomic E-state index is 12.8. The minimum atomic E-state index is -6.10. The quantitative estimate of drug-likeness (QED) is 0.813. The Labute approximate surface area is 123 Å². The molecule has 4 nitrogen and oxygen atoms in total. The summed E-state index contributed by atoms with van der Waals surface area (Å²) in [6.07, 6.45) is -6.10. The van der Waals surface area contributed by atoms with Gasteiger partial charge in [-0.25, -0.2) is 4.79 Å². The SMILES string of the molecule is O=C(O)c1cc(Cl)c(NC(=O)C(F)(F)C(F)(F)F)c(Cl)c1. The van der Waals surface area contributed by atoms with Gasteiger partial charge in [0, 0.05) is 0 Å². The van der Waals surface area contributed by atoms with Crippen molar-refractivity contribution in [3.63, 3.8) is 0 Å². The van der Waals surface area contributed by atoms with Gasteiger partial charge in [-0.3, -0.25) is 4.79 Å². The number of anilines is 1. The van der Waals surface area contributed by atoms with Gasteiger partial charge in [-0.2, -0.15) is 22.0 Å². The largest absolute Gasteiger partial charge is 0.478 e. The van der Waals surface area contributed by atoms with Crippen LogP contribution in [0.1, 0.15) is 10.4 Å². The highest BCUT2D eigenvalue weighted by Crippen LogP contribution is 2.38. The molecule has 1 amide bonds. The van der Waals surface area contributed by atoms with Crippen LogP contribution in [-0.4, -0.2) is 29.1 Å². The molecule has 0 heterocycles. The molecule has 0 bridgehead atoms. The topological polar surface area (TPSA) is 66.4 Å². The Morgan fingerprint density at radius 1 is 1.05 bits per heavy atom. The Morgan fingerprint density at radius 2 is 1.48 bits per heavy atom. The monoisotopic (exact) mass is 351 g/mol. The van der Waals surface area contributed by atoms with E-state index in [0.29, 0.717) is 0 Å². The third-order valence-electron chi connectivity index (χ3n) is 2.17. The molecule has 1 rings (SSSR count). The van der Waals surface area contributed by atoms with Crippen LogP contribution in [-0.2, 0) is 4.79 Å². The molecular formula is C10H4Cl2F5NO3. The van der Waals surface area contributed by atoms with Crippen LogP contribution in [0.3, 0.4) is 0 Å². The first-order valence-corrected chi connectivity index (χ1v) is 5.62. The van der Waals surface area contributed by atoms with Crippen molar-refractivity contribution < 1.29 is 36.6 Å². The summed E-state index contributed by atoms with van der Waals surface area (Å²) in [5, 5.41) is 8.68. The molecule has 1 aromatic carbocycles. The van der Waals surface area contributed by atoms with Crippen LogP contribution in [0.5, 0.6) is 0 Å². The van der Waals surface area contributed by atoms with Crippen LogP contribution >= 0.6 is 23.2 Å². The standard InChI is InChI=1S/C10H4Cl2F5NO3/c11-4-1-3(7(19)20)2-5(12)6(4)18-8(21)9(13,14)10(15,16)17/h1-2H,(H,18,21)(H,19,20). The molecule has 0 unspecified atom stereocenters. The van der Waals surface area contributed by atoms with Gasteiger partial charge in [0.1, 0.15) is 0 Å².